The van der Waals surface area contributed by atoms with Crippen LogP contribution in [0.4, 0.5) is 0 Å². The van der Waals surface area contributed by atoms with Crippen molar-refractivity contribution in [2.75, 3.05) is 20.3 Å². The molecule has 0 radical (unpaired) electrons. The molecule has 5 heteroatoms. The molecule has 1 aromatic carbocycles. The maximum absolute atomic E-state index is 12.4. The number of nitrogens with one attached hydrogen (secondary N) is 1. The number of hydrogen-bond donors (Lipinski definition) is 2. The number of methoxy groups -OCH3 is 1. The smallest absolute Gasteiger partial charge is 0.223 e. The first-order chi connectivity index (χ1) is 11.7. The lowest BCUT2D eigenvalue weighted by atomic mass is 9.65. The number of hydrogen-bond acceptors (Lipinski definition) is 4. The second kappa shape index (κ2) is 7.88. The van der Waals surface area contributed by atoms with Crippen LogP contribution in [0.5, 0.6) is 11.5 Å². The number of carbonyl (C=O) groups excluding carboxylic acids is 1. The summed E-state index contributed by atoms with van der Waals surface area (Å²) >= 11 is 0. The second-order valence-corrected chi connectivity index (χ2v) is 7.01. The fourth-order valence-corrected chi connectivity index (χ4v) is 4.16. The van der Waals surface area contributed by atoms with Crippen LogP contribution in [-0.2, 0) is 4.79 Å². The number of nitrogens with two attached hydrogens (primary N) is 1. The van der Waals surface area contributed by atoms with Crippen molar-refractivity contribution >= 4 is 5.91 Å². The van der Waals surface area contributed by atoms with E-state index in [4.69, 9.17) is 15.2 Å². The minimum Gasteiger partial charge on any atom is -0.497 e. The van der Waals surface area contributed by atoms with E-state index in [2.05, 4.69) is 5.32 Å². The van der Waals surface area contributed by atoms with Gasteiger partial charge in [0, 0.05) is 12.0 Å². The fourth-order valence-electron chi connectivity index (χ4n) is 4.16. The SMILES string of the molecule is COc1ccc(OCCNC(=O)C2CC3CCCC(C2)C3N)cc1. The Balaban J connectivity index is 1.39. The quantitative estimate of drug-likeness (QED) is 0.784. The largest absolute Gasteiger partial charge is 0.497 e. The van der Waals surface area contributed by atoms with Gasteiger partial charge in [-0.15, -0.1) is 0 Å². The molecule has 0 saturated heterocycles. The minimum absolute atomic E-state index is 0.126. The fraction of sp³-hybridized carbons (Fsp3) is 0.632. The molecule has 2 bridgehead atoms. The van der Waals surface area contributed by atoms with Gasteiger partial charge in [-0.25, -0.2) is 0 Å². The molecule has 0 spiro atoms. The first-order valence-corrected chi connectivity index (χ1v) is 8.97. The van der Waals surface area contributed by atoms with Crippen molar-refractivity contribution in [1.82, 2.24) is 5.32 Å². The van der Waals surface area contributed by atoms with E-state index in [0.717, 1.165) is 24.3 Å². The lowest BCUT2D eigenvalue weighted by molar-refractivity contribution is -0.128. The van der Waals surface area contributed by atoms with Gasteiger partial charge in [-0.1, -0.05) is 6.42 Å². The highest BCUT2D eigenvalue weighted by atomic mass is 16.5. The lowest BCUT2D eigenvalue weighted by Crippen LogP contribution is -2.49. The number of rotatable bonds is 6. The van der Waals surface area contributed by atoms with Crippen LogP contribution in [-0.4, -0.2) is 32.2 Å². The van der Waals surface area contributed by atoms with Gasteiger partial charge >= 0.3 is 0 Å². The maximum atomic E-state index is 12.4. The van der Waals surface area contributed by atoms with Crippen LogP contribution in [0.25, 0.3) is 0 Å². The van der Waals surface area contributed by atoms with Gasteiger partial charge in [0.05, 0.1) is 13.7 Å². The molecule has 2 unspecified atom stereocenters. The van der Waals surface area contributed by atoms with Gasteiger partial charge in [-0.3, -0.25) is 4.79 Å². The zero-order valence-corrected chi connectivity index (χ0v) is 14.4. The molecule has 3 rings (SSSR count). The number of fused-ring (bicyclic) bond motifs is 2. The molecule has 2 fully saturated rings. The van der Waals surface area contributed by atoms with Gasteiger partial charge in [0.2, 0.25) is 5.91 Å². The average Bonchev–Trinajstić information content (AvgIpc) is 2.59. The van der Waals surface area contributed by atoms with Gasteiger partial charge in [0.25, 0.3) is 0 Å². The molecular weight excluding hydrogens is 304 g/mol. The number of amides is 1. The van der Waals surface area contributed by atoms with Crippen LogP contribution in [0.3, 0.4) is 0 Å². The highest BCUT2D eigenvalue weighted by Gasteiger charge is 2.40. The highest BCUT2D eigenvalue weighted by molar-refractivity contribution is 5.78. The molecule has 1 amide bonds. The van der Waals surface area contributed by atoms with Gasteiger partial charge in [-0.2, -0.15) is 0 Å². The van der Waals surface area contributed by atoms with Crippen molar-refractivity contribution in [1.29, 1.82) is 0 Å². The lowest BCUT2D eigenvalue weighted by Gasteiger charge is -2.43. The third-order valence-electron chi connectivity index (χ3n) is 5.51. The predicted octanol–water partition coefficient (Wildman–Crippen LogP) is 2.34. The summed E-state index contributed by atoms with van der Waals surface area (Å²) in [4.78, 5) is 12.4. The van der Waals surface area contributed by atoms with Gasteiger partial charge in [0.1, 0.15) is 18.1 Å². The Bertz CT molecular complexity index is 532. The number of carbonyl (C=O) groups is 1. The number of ether oxygens (including phenoxy) is 2. The van der Waals surface area contributed by atoms with Crippen molar-refractivity contribution in [2.24, 2.45) is 23.5 Å². The minimum atomic E-state index is 0.126. The zero-order valence-electron chi connectivity index (χ0n) is 14.4. The predicted molar refractivity (Wildman–Crippen MR) is 93.0 cm³/mol. The van der Waals surface area contributed by atoms with E-state index < -0.39 is 0 Å². The summed E-state index contributed by atoms with van der Waals surface area (Å²) in [5, 5.41) is 3.02. The molecule has 132 valence electrons. The van der Waals surface area contributed by atoms with Crippen LogP contribution in [0.2, 0.25) is 0 Å². The molecule has 3 N–H and O–H groups in total. The zero-order chi connectivity index (χ0) is 16.9. The molecule has 2 aliphatic carbocycles. The molecule has 0 aromatic heterocycles. The molecule has 0 aliphatic heterocycles. The second-order valence-electron chi connectivity index (χ2n) is 7.01. The van der Waals surface area contributed by atoms with E-state index in [1.165, 1.54) is 19.3 Å². The Hall–Kier alpha value is -1.75. The molecule has 5 nitrogen and oxygen atoms in total. The Morgan fingerprint density at radius 3 is 2.42 bits per heavy atom. The monoisotopic (exact) mass is 332 g/mol. The molecule has 2 atom stereocenters. The summed E-state index contributed by atoms with van der Waals surface area (Å²) in [5.74, 6) is 2.94. The van der Waals surface area contributed by atoms with Crippen molar-refractivity contribution in [3.05, 3.63) is 24.3 Å². The van der Waals surface area contributed by atoms with Crippen molar-refractivity contribution < 1.29 is 14.3 Å². The molecular formula is C19H28N2O3. The standard InChI is InChI=1S/C19H28N2O3/c1-23-16-5-7-17(8-6-16)24-10-9-21-19(22)15-11-13-3-2-4-14(12-15)18(13)20/h5-8,13-15,18H,2-4,9-12,20H2,1H3,(H,21,22). The molecule has 2 saturated carbocycles. The third-order valence-corrected chi connectivity index (χ3v) is 5.51. The molecule has 1 aromatic rings. The van der Waals surface area contributed by atoms with E-state index in [0.29, 0.717) is 31.0 Å². The van der Waals surface area contributed by atoms with E-state index >= 15 is 0 Å². The van der Waals surface area contributed by atoms with Gasteiger partial charge < -0.3 is 20.5 Å². The van der Waals surface area contributed by atoms with Crippen LogP contribution in [0, 0.1) is 17.8 Å². The average molecular weight is 332 g/mol. The molecule has 0 heterocycles. The van der Waals surface area contributed by atoms with E-state index in [9.17, 15) is 4.79 Å². The first kappa shape index (κ1) is 17.1. The Morgan fingerprint density at radius 1 is 1.17 bits per heavy atom. The summed E-state index contributed by atoms with van der Waals surface area (Å²) in [6.45, 7) is 1.000. The summed E-state index contributed by atoms with van der Waals surface area (Å²) in [6, 6.07) is 7.76. The van der Waals surface area contributed by atoms with Crippen molar-refractivity contribution in [3.63, 3.8) is 0 Å². The number of benzene rings is 1. The topological polar surface area (TPSA) is 73.6 Å². The Morgan fingerprint density at radius 2 is 1.79 bits per heavy atom. The molecule has 24 heavy (non-hydrogen) atoms. The normalized spacial score (nSPS) is 28.9. The van der Waals surface area contributed by atoms with Gasteiger partial charge in [0.15, 0.2) is 0 Å². The first-order valence-electron chi connectivity index (χ1n) is 8.97. The third kappa shape index (κ3) is 4.01. The maximum Gasteiger partial charge on any atom is 0.223 e. The van der Waals surface area contributed by atoms with Crippen molar-refractivity contribution in [2.45, 2.75) is 38.1 Å². The van der Waals surface area contributed by atoms with E-state index in [1.807, 2.05) is 24.3 Å². The van der Waals surface area contributed by atoms with E-state index in [-0.39, 0.29) is 11.8 Å². The van der Waals surface area contributed by atoms with Crippen LogP contribution < -0.4 is 20.5 Å². The summed E-state index contributed by atoms with van der Waals surface area (Å²) in [7, 11) is 1.64. The van der Waals surface area contributed by atoms with Crippen molar-refractivity contribution in [3.8, 4) is 11.5 Å². The Kier molecular flexibility index (Phi) is 5.61. The van der Waals surface area contributed by atoms with Crippen LogP contribution in [0.15, 0.2) is 24.3 Å². The summed E-state index contributed by atoms with van der Waals surface area (Å²) in [5.41, 5.74) is 6.29. The Labute approximate surface area is 143 Å². The van der Waals surface area contributed by atoms with Gasteiger partial charge in [-0.05, 0) is 61.8 Å². The van der Waals surface area contributed by atoms with Crippen LogP contribution in [0.1, 0.15) is 32.1 Å². The molecule has 2 aliphatic rings. The summed E-state index contributed by atoms with van der Waals surface area (Å²) in [6.07, 6.45) is 5.53. The van der Waals surface area contributed by atoms with Crippen LogP contribution >= 0.6 is 0 Å². The van der Waals surface area contributed by atoms with E-state index in [1.54, 1.807) is 7.11 Å². The highest BCUT2D eigenvalue weighted by Crippen LogP contribution is 2.41. The summed E-state index contributed by atoms with van der Waals surface area (Å²) < 4.78 is 10.8.